The lowest BCUT2D eigenvalue weighted by atomic mass is 10.2. The molecule has 0 aliphatic heterocycles. The molecule has 0 aliphatic rings. The summed E-state index contributed by atoms with van der Waals surface area (Å²) >= 11 is 3.29. The first-order valence-corrected chi connectivity index (χ1v) is 6.23. The van der Waals surface area contributed by atoms with Gasteiger partial charge in [0, 0.05) is 26.5 Å². The maximum Gasteiger partial charge on any atom is 0.252 e. The zero-order chi connectivity index (χ0) is 13.5. The lowest BCUT2D eigenvalue weighted by Crippen LogP contribution is -2.35. The largest absolute Gasteiger partial charge is 0.398 e. The highest BCUT2D eigenvalue weighted by molar-refractivity contribution is 9.10. The van der Waals surface area contributed by atoms with E-state index < -0.39 is 0 Å². The van der Waals surface area contributed by atoms with Gasteiger partial charge in [0.15, 0.2) is 0 Å². The van der Waals surface area contributed by atoms with Crippen LogP contribution in [0.3, 0.4) is 0 Å². The Morgan fingerprint density at radius 2 is 2.22 bits per heavy atom. The standard InChI is InChI=1S/C12H17BrN2O3/c1-17-7-8(18-2)6-15-12(16)9-4-3-5-10(14)11(9)13/h3-5,8H,6-7,14H2,1-2H3,(H,15,16). The third-order valence-corrected chi connectivity index (χ3v) is 3.33. The fourth-order valence-electron chi connectivity index (χ4n) is 1.42. The average molecular weight is 317 g/mol. The van der Waals surface area contributed by atoms with Crippen molar-refractivity contribution in [3.05, 3.63) is 28.2 Å². The van der Waals surface area contributed by atoms with E-state index in [9.17, 15) is 4.79 Å². The van der Waals surface area contributed by atoms with Crippen molar-refractivity contribution in [3.63, 3.8) is 0 Å². The van der Waals surface area contributed by atoms with Gasteiger partial charge in [0.2, 0.25) is 0 Å². The molecule has 6 heteroatoms. The molecule has 0 saturated heterocycles. The minimum absolute atomic E-state index is 0.168. The highest BCUT2D eigenvalue weighted by atomic mass is 79.9. The molecule has 1 rings (SSSR count). The summed E-state index contributed by atoms with van der Waals surface area (Å²) < 4.78 is 10.7. The number of benzene rings is 1. The number of methoxy groups -OCH3 is 2. The van der Waals surface area contributed by atoms with Crippen molar-refractivity contribution in [1.82, 2.24) is 5.32 Å². The van der Waals surface area contributed by atoms with Gasteiger partial charge in [-0.05, 0) is 28.1 Å². The minimum Gasteiger partial charge on any atom is -0.398 e. The van der Waals surface area contributed by atoms with Gasteiger partial charge in [0.25, 0.3) is 5.91 Å². The van der Waals surface area contributed by atoms with Crippen molar-refractivity contribution in [2.45, 2.75) is 6.10 Å². The SMILES string of the molecule is COCC(CNC(=O)c1cccc(N)c1Br)OC. The lowest BCUT2D eigenvalue weighted by Gasteiger charge is -2.15. The number of anilines is 1. The van der Waals surface area contributed by atoms with E-state index in [0.29, 0.717) is 28.9 Å². The zero-order valence-electron chi connectivity index (χ0n) is 10.4. The summed E-state index contributed by atoms with van der Waals surface area (Å²) in [5.41, 5.74) is 6.75. The molecule has 1 aromatic rings. The van der Waals surface area contributed by atoms with E-state index in [4.69, 9.17) is 15.2 Å². The van der Waals surface area contributed by atoms with Gasteiger partial charge in [0.1, 0.15) is 0 Å². The molecule has 0 aromatic heterocycles. The second-order valence-electron chi connectivity index (χ2n) is 3.73. The van der Waals surface area contributed by atoms with Gasteiger partial charge < -0.3 is 20.5 Å². The normalized spacial score (nSPS) is 12.2. The third kappa shape index (κ3) is 3.97. The van der Waals surface area contributed by atoms with Crippen LogP contribution in [0.5, 0.6) is 0 Å². The van der Waals surface area contributed by atoms with Crippen LogP contribution >= 0.6 is 15.9 Å². The van der Waals surface area contributed by atoms with Crippen LogP contribution in [0.1, 0.15) is 10.4 Å². The maximum absolute atomic E-state index is 11.9. The van der Waals surface area contributed by atoms with Crippen molar-refractivity contribution in [2.75, 3.05) is 33.1 Å². The first-order valence-electron chi connectivity index (χ1n) is 5.44. The van der Waals surface area contributed by atoms with Gasteiger partial charge in [-0.2, -0.15) is 0 Å². The van der Waals surface area contributed by atoms with Gasteiger partial charge in [-0.25, -0.2) is 0 Å². The fourth-order valence-corrected chi connectivity index (χ4v) is 1.87. The molecule has 0 radical (unpaired) electrons. The van der Waals surface area contributed by atoms with Crippen LogP contribution in [0, 0.1) is 0 Å². The predicted octanol–water partition coefficient (Wildman–Crippen LogP) is 1.42. The van der Waals surface area contributed by atoms with Crippen LogP contribution in [0.25, 0.3) is 0 Å². The average Bonchev–Trinajstić information content (AvgIpc) is 2.37. The first-order chi connectivity index (χ1) is 8.60. The number of nitrogens with one attached hydrogen (secondary N) is 1. The summed E-state index contributed by atoms with van der Waals surface area (Å²) in [6.07, 6.45) is -0.168. The van der Waals surface area contributed by atoms with Crippen LogP contribution < -0.4 is 11.1 Å². The molecule has 1 atom stereocenters. The molecule has 18 heavy (non-hydrogen) atoms. The molecule has 1 aromatic carbocycles. The highest BCUT2D eigenvalue weighted by Gasteiger charge is 2.14. The minimum atomic E-state index is -0.202. The molecule has 1 unspecified atom stereocenters. The molecule has 3 N–H and O–H groups in total. The Kier molecular flexibility index (Phi) is 6.11. The maximum atomic E-state index is 11.9. The number of ether oxygens (including phenoxy) is 2. The number of amides is 1. The van der Waals surface area contributed by atoms with Crippen molar-refractivity contribution in [1.29, 1.82) is 0 Å². The number of carbonyl (C=O) groups is 1. The van der Waals surface area contributed by atoms with E-state index in [0.717, 1.165) is 0 Å². The quantitative estimate of drug-likeness (QED) is 0.778. The number of hydrogen-bond acceptors (Lipinski definition) is 4. The van der Waals surface area contributed by atoms with E-state index in [1.807, 2.05) is 0 Å². The predicted molar refractivity (Wildman–Crippen MR) is 73.6 cm³/mol. The van der Waals surface area contributed by atoms with E-state index in [-0.39, 0.29) is 12.0 Å². The van der Waals surface area contributed by atoms with Crippen molar-refractivity contribution < 1.29 is 14.3 Å². The van der Waals surface area contributed by atoms with Gasteiger partial charge in [-0.15, -0.1) is 0 Å². The Hall–Kier alpha value is -1.11. The number of carbonyl (C=O) groups excluding carboxylic acids is 1. The summed E-state index contributed by atoms with van der Waals surface area (Å²) in [6, 6.07) is 5.16. The molecule has 0 spiro atoms. The molecule has 0 heterocycles. The van der Waals surface area contributed by atoms with Crippen LogP contribution in [0.4, 0.5) is 5.69 Å². The number of nitrogens with two attached hydrogens (primary N) is 1. The van der Waals surface area contributed by atoms with Gasteiger partial charge in [-0.1, -0.05) is 6.07 Å². The van der Waals surface area contributed by atoms with Gasteiger partial charge in [0.05, 0.1) is 22.7 Å². The number of nitrogen functional groups attached to an aromatic ring is 1. The summed E-state index contributed by atoms with van der Waals surface area (Å²) in [4.78, 5) is 11.9. The summed E-state index contributed by atoms with van der Waals surface area (Å²) in [5, 5.41) is 2.77. The third-order valence-electron chi connectivity index (χ3n) is 2.45. The second-order valence-corrected chi connectivity index (χ2v) is 4.52. The van der Waals surface area contributed by atoms with Gasteiger partial charge in [-0.3, -0.25) is 4.79 Å². The molecule has 0 bridgehead atoms. The topological polar surface area (TPSA) is 73.6 Å². The number of rotatable bonds is 6. The molecule has 0 fully saturated rings. The molecule has 5 nitrogen and oxygen atoms in total. The molecule has 1 amide bonds. The van der Waals surface area contributed by atoms with E-state index in [1.165, 1.54) is 0 Å². The van der Waals surface area contributed by atoms with Crippen LogP contribution in [0.15, 0.2) is 22.7 Å². The van der Waals surface area contributed by atoms with Crippen LogP contribution in [-0.4, -0.2) is 39.4 Å². The van der Waals surface area contributed by atoms with Crippen LogP contribution in [0.2, 0.25) is 0 Å². The van der Waals surface area contributed by atoms with Crippen molar-refractivity contribution in [2.24, 2.45) is 0 Å². The van der Waals surface area contributed by atoms with Gasteiger partial charge >= 0.3 is 0 Å². The summed E-state index contributed by atoms with van der Waals surface area (Å²) in [7, 11) is 3.16. The smallest absolute Gasteiger partial charge is 0.252 e. The number of hydrogen-bond donors (Lipinski definition) is 2. The molecular weight excluding hydrogens is 300 g/mol. The Morgan fingerprint density at radius 3 is 2.83 bits per heavy atom. The molecule has 100 valence electrons. The van der Waals surface area contributed by atoms with E-state index >= 15 is 0 Å². The second kappa shape index (κ2) is 7.35. The fraction of sp³-hybridized carbons (Fsp3) is 0.417. The Balaban J connectivity index is 2.62. The highest BCUT2D eigenvalue weighted by Crippen LogP contribution is 2.23. The Morgan fingerprint density at radius 1 is 1.50 bits per heavy atom. The molecule has 0 aliphatic carbocycles. The van der Waals surface area contributed by atoms with E-state index in [2.05, 4.69) is 21.2 Å². The van der Waals surface area contributed by atoms with Crippen molar-refractivity contribution in [3.8, 4) is 0 Å². The zero-order valence-corrected chi connectivity index (χ0v) is 12.0. The lowest BCUT2D eigenvalue weighted by molar-refractivity contribution is 0.0285. The summed E-state index contributed by atoms with van der Waals surface area (Å²) in [6.45, 7) is 0.805. The summed E-state index contributed by atoms with van der Waals surface area (Å²) in [5.74, 6) is -0.202. The monoisotopic (exact) mass is 316 g/mol. The van der Waals surface area contributed by atoms with Crippen molar-refractivity contribution >= 4 is 27.5 Å². The molecular formula is C12H17BrN2O3. The van der Waals surface area contributed by atoms with Crippen LogP contribution in [-0.2, 0) is 9.47 Å². The number of halogens is 1. The first kappa shape index (κ1) is 14.9. The Labute approximate surface area is 115 Å². The molecule has 0 saturated carbocycles. The van der Waals surface area contributed by atoms with E-state index in [1.54, 1.807) is 32.4 Å². The Bertz CT molecular complexity index is 412.